The Balaban J connectivity index is 1.91. The standard InChI is InChI=1S/C24H26N2O4/c1-15(17-11-7-5-8-12-17)25-19-21(27)24(30-4)20(22(28)23(19)29-3)26-16(2)18-13-9-6-10-14-18/h5-16,25-26H,1-4H3/t15-,16-/m1/s1. The summed E-state index contributed by atoms with van der Waals surface area (Å²) in [4.78, 5) is 26.4. The smallest absolute Gasteiger partial charge is 0.249 e. The summed E-state index contributed by atoms with van der Waals surface area (Å²) in [5.41, 5.74) is 2.14. The van der Waals surface area contributed by atoms with Gasteiger partial charge in [-0.05, 0) is 25.0 Å². The van der Waals surface area contributed by atoms with Crippen molar-refractivity contribution < 1.29 is 19.1 Å². The molecule has 0 saturated heterocycles. The Morgan fingerprint density at radius 3 is 1.27 bits per heavy atom. The summed E-state index contributed by atoms with van der Waals surface area (Å²) in [6.07, 6.45) is 0. The molecule has 6 heteroatoms. The van der Waals surface area contributed by atoms with Crippen LogP contribution in [0.1, 0.15) is 37.1 Å². The minimum Gasteiger partial charge on any atom is -0.491 e. The number of ether oxygens (including phenoxy) is 2. The minimum absolute atomic E-state index is 0.0358. The van der Waals surface area contributed by atoms with Crippen molar-refractivity contribution in [2.75, 3.05) is 14.2 Å². The van der Waals surface area contributed by atoms with Crippen LogP contribution in [0.4, 0.5) is 0 Å². The molecule has 2 N–H and O–H groups in total. The zero-order valence-electron chi connectivity index (χ0n) is 17.6. The predicted octanol–water partition coefficient (Wildman–Crippen LogP) is 3.56. The lowest BCUT2D eigenvalue weighted by atomic mass is 9.98. The fourth-order valence-corrected chi connectivity index (χ4v) is 3.40. The number of nitrogens with one attached hydrogen (secondary N) is 2. The van der Waals surface area contributed by atoms with E-state index < -0.39 is 11.6 Å². The number of ketones is 2. The summed E-state index contributed by atoms with van der Waals surface area (Å²) in [5, 5.41) is 6.26. The SMILES string of the molecule is COC1=C(N[C@H](C)c2ccccc2)C(=O)C(OC)=C(N[C@H](C)c2ccccc2)C1=O. The van der Waals surface area contributed by atoms with E-state index in [1.54, 1.807) is 0 Å². The summed E-state index contributed by atoms with van der Waals surface area (Å²) in [7, 11) is 2.76. The quantitative estimate of drug-likeness (QED) is 0.653. The van der Waals surface area contributed by atoms with Gasteiger partial charge in [0.1, 0.15) is 11.4 Å². The van der Waals surface area contributed by atoms with E-state index in [1.165, 1.54) is 14.2 Å². The van der Waals surface area contributed by atoms with E-state index in [2.05, 4.69) is 10.6 Å². The van der Waals surface area contributed by atoms with Crippen molar-refractivity contribution in [1.29, 1.82) is 0 Å². The third kappa shape index (κ3) is 4.22. The number of carbonyl (C=O) groups is 2. The number of benzene rings is 2. The molecule has 0 unspecified atom stereocenters. The number of carbonyl (C=O) groups excluding carboxylic acids is 2. The molecule has 2 aromatic rings. The molecule has 6 nitrogen and oxygen atoms in total. The molecule has 30 heavy (non-hydrogen) atoms. The zero-order valence-corrected chi connectivity index (χ0v) is 17.6. The highest BCUT2D eigenvalue weighted by molar-refractivity contribution is 6.23. The second kappa shape index (κ2) is 9.31. The molecule has 1 aliphatic rings. The summed E-state index contributed by atoms with van der Waals surface area (Å²) in [6, 6.07) is 18.9. The Hall–Kier alpha value is -3.54. The molecular formula is C24H26N2O4. The molecule has 0 radical (unpaired) electrons. The van der Waals surface area contributed by atoms with E-state index in [1.807, 2.05) is 74.5 Å². The van der Waals surface area contributed by atoms with Gasteiger partial charge in [0.2, 0.25) is 11.6 Å². The molecule has 2 atom stereocenters. The molecule has 1 aliphatic carbocycles. The topological polar surface area (TPSA) is 76.7 Å². The molecular weight excluding hydrogens is 380 g/mol. The van der Waals surface area contributed by atoms with E-state index in [4.69, 9.17) is 9.47 Å². The van der Waals surface area contributed by atoms with Crippen LogP contribution in [0.15, 0.2) is 83.6 Å². The molecule has 0 aliphatic heterocycles. The van der Waals surface area contributed by atoms with Gasteiger partial charge in [0.05, 0.1) is 14.2 Å². The third-order valence-corrected chi connectivity index (χ3v) is 5.05. The van der Waals surface area contributed by atoms with Gasteiger partial charge in [0, 0.05) is 12.1 Å². The molecule has 156 valence electrons. The Morgan fingerprint density at radius 2 is 0.967 bits per heavy atom. The van der Waals surface area contributed by atoms with Crippen molar-refractivity contribution in [3.8, 4) is 0 Å². The lowest BCUT2D eigenvalue weighted by molar-refractivity contribution is -0.121. The third-order valence-electron chi connectivity index (χ3n) is 5.05. The first-order valence-corrected chi connectivity index (χ1v) is 9.76. The van der Waals surface area contributed by atoms with Crippen molar-refractivity contribution in [3.63, 3.8) is 0 Å². The maximum atomic E-state index is 13.2. The van der Waals surface area contributed by atoms with Crippen molar-refractivity contribution in [2.45, 2.75) is 25.9 Å². The molecule has 0 fully saturated rings. The molecule has 0 saturated carbocycles. The Morgan fingerprint density at radius 1 is 0.633 bits per heavy atom. The van der Waals surface area contributed by atoms with Crippen LogP contribution in [-0.2, 0) is 19.1 Å². The van der Waals surface area contributed by atoms with Crippen molar-refractivity contribution in [1.82, 2.24) is 10.6 Å². The number of hydrogen-bond donors (Lipinski definition) is 2. The maximum Gasteiger partial charge on any atom is 0.249 e. The van der Waals surface area contributed by atoms with Crippen molar-refractivity contribution in [3.05, 3.63) is 94.7 Å². The Labute approximate surface area is 176 Å². The summed E-state index contributed by atoms with van der Waals surface area (Å²) in [5.74, 6) is -0.934. The fourth-order valence-electron chi connectivity index (χ4n) is 3.40. The van der Waals surface area contributed by atoms with Crippen LogP contribution in [0, 0.1) is 0 Å². The molecule has 0 amide bonds. The van der Waals surface area contributed by atoms with Crippen LogP contribution in [0.2, 0.25) is 0 Å². The molecule has 0 heterocycles. The van der Waals surface area contributed by atoms with Crippen LogP contribution < -0.4 is 10.6 Å². The monoisotopic (exact) mass is 406 g/mol. The van der Waals surface area contributed by atoms with Gasteiger partial charge in [0.15, 0.2) is 11.5 Å². The van der Waals surface area contributed by atoms with Gasteiger partial charge >= 0.3 is 0 Å². The van der Waals surface area contributed by atoms with E-state index in [0.29, 0.717) is 0 Å². The highest BCUT2D eigenvalue weighted by atomic mass is 16.5. The van der Waals surface area contributed by atoms with E-state index in [9.17, 15) is 9.59 Å². The lowest BCUT2D eigenvalue weighted by Gasteiger charge is -2.27. The largest absolute Gasteiger partial charge is 0.491 e. The van der Waals surface area contributed by atoms with Gasteiger partial charge in [-0.15, -0.1) is 0 Å². The molecule has 0 spiro atoms. The molecule has 3 rings (SSSR count). The van der Waals surface area contributed by atoms with Crippen molar-refractivity contribution >= 4 is 11.6 Å². The van der Waals surface area contributed by atoms with E-state index in [0.717, 1.165) is 11.1 Å². The van der Waals surface area contributed by atoms with Gasteiger partial charge in [-0.1, -0.05) is 60.7 Å². The summed E-state index contributed by atoms with van der Waals surface area (Å²) >= 11 is 0. The Kier molecular flexibility index (Phi) is 6.57. The van der Waals surface area contributed by atoms with Crippen molar-refractivity contribution in [2.24, 2.45) is 0 Å². The molecule has 0 bridgehead atoms. The second-order valence-corrected chi connectivity index (χ2v) is 7.03. The van der Waals surface area contributed by atoms with Gasteiger partial charge < -0.3 is 20.1 Å². The average molecular weight is 406 g/mol. The van der Waals surface area contributed by atoms with E-state index in [-0.39, 0.29) is 35.0 Å². The van der Waals surface area contributed by atoms with Crippen LogP contribution in [0.3, 0.4) is 0 Å². The second-order valence-electron chi connectivity index (χ2n) is 7.03. The fraction of sp³-hybridized carbons (Fsp3) is 0.250. The maximum absolute atomic E-state index is 13.2. The lowest BCUT2D eigenvalue weighted by Crippen LogP contribution is -2.38. The first-order chi connectivity index (χ1) is 14.5. The van der Waals surface area contributed by atoms with Crippen LogP contribution in [0.5, 0.6) is 0 Å². The van der Waals surface area contributed by atoms with E-state index >= 15 is 0 Å². The van der Waals surface area contributed by atoms with Gasteiger partial charge in [-0.25, -0.2) is 0 Å². The average Bonchev–Trinajstić information content (AvgIpc) is 2.78. The van der Waals surface area contributed by atoms with Gasteiger partial charge in [0.25, 0.3) is 0 Å². The number of Topliss-reactive ketones (excluding diaryl/α,β-unsaturated/α-hetero) is 2. The number of hydrogen-bond acceptors (Lipinski definition) is 6. The first-order valence-electron chi connectivity index (χ1n) is 9.76. The highest BCUT2D eigenvalue weighted by Gasteiger charge is 2.38. The number of rotatable bonds is 8. The van der Waals surface area contributed by atoms with Crippen LogP contribution in [0.25, 0.3) is 0 Å². The zero-order chi connectivity index (χ0) is 21.7. The first kappa shape index (κ1) is 21.2. The van der Waals surface area contributed by atoms with Gasteiger partial charge in [-0.2, -0.15) is 0 Å². The summed E-state index contributed by atoms with van der Waals surface area (Å²) in [6.45, 7) is 3.82. The van der Waals surface area contributed by atoms with Gasteiger partial charge in [-0.3, -0.25) is 9.59 Å². The summed E-state index contributed by atoms with van der Waals surface area (Å²) < 4.78 is 10.7. The number of methoxy groups -OCH3 is 2. The predicted molar refractivity (Wildman–Crippen MR) is 114 cm³/mol. The van der Waals surface area contributed by atoms with Crippen LogP contribution >= 0.6 is 0 Å². The minimum atomic E-state index is -0.431. The molecule has 0 aromatic heterocycles. The Bertz CT molecular complexity index is 899. The normalized spacial score (nSPS) is 16.3. The molecule has 2 aromatic carbocycles. The van der Waals surface area contributed by atoms with Crippen LogP contribution in [-0.4, -0.2) is 25.8 Å². The highest BCUT2D eigenvalue weighted by Crippen LogP contribution is 2.27.